The fourth-order valence-corrected chi connectivity index (χ4v) is 3.38. The molecule has 0 bridgehead atoms. The Hall–Kier alpha value is -3.72. The fourth-order valence-electron chi connectivity index (χ4n) is 3.38. The van der Waals surface area contributed by atoms with Crippen LogP contribution >= 0.6 is 0 Å². The van der Waals surface area contributed by atoms with Gasteiger partial charge in [-0.25, -0.2) is 9.37 Å². The van der Waals surface area contributed by atoms with Crippen LogP contribution in [-0.2, 0) is 4.74 Å². The summed E-state index contributed by atoms with van der Waals surface area (Å²) in [6, 6.07) is 14.5. The molecule has 0 spiro atoms. The van der Waals surface area contributed by atoms with E-state index in [9.17, 15) is 9.18 Å². The number of nitrogens with zero attached hydrogens (tertiary/aromatic N) is 3. The van der Waals surface area contributed by atoms with Crippen LogP contribution in [0.3, 0.4) is 0 Å². The third kappa shape index (κ3) is 6.39. The molecular weight excluding hydrogens is 425 g/mol. The number of carbonyl (C=O) groups is 1. The molecule has 2 N–H and O–H groups in total. The molecule has 0 atom stereocenters. The lowest BCUT2D eigenvalue weighted by atomic mass is 10.2. The van der Waals surface area contributed by atoms with Gasteiger partial charge < -0.3 is 25.0 Å². The molecule has 0 radical (unpaired) electrons. The summed E-state index contributed by atoms with van der Waals surface area (Å²) in [7, 11) is 0. The van der Waals surface area contributed by atoms with Gasteiger partial charge in [0.15, 0.2) is 0 Å². The van der Waals surface area contributed by atoms with Gasteiger partial charge in [-0.05, 0) is 49.4 Å². The first kappa shape index (κ1) is 22.5. The third-order valence-electron chi connectivity index (χ3n) is 5.02. The zero-order chi connectivity index (χ0) is 23.0. The number of aromatic nitrogens is 2. The van der Waals surface area contributed by atoms with Gasteiger partial charge in [0.1, 0.15) is 23.1 Å². The molecule has 0 saturated carbocycles. The Morgan fingerprint density at radius 1 is 1.06 bits per heavy atom. The van der Waals surface area contributed by atoms with Crippen LogP contribution < -0.4 is 20.3 Å². The highest BCUT2D eigenvalue weighted by Gasteiger charge is 2.14. The van der Waals surface area contributed by atoms with Crippen molar-refractivity contribution in [3.63, 3.8) is 0 Å². The maximum Gasteiger partial charge on any atom is 0.251 e. The first-order chi connectivity index (χ1) is 16.1. The zero-order valence-corrected chi connectivity index (χ0v) is 18.4. The first-order valence-corrected chi connectivity index (χ1v) is 10.8. The quantitative estimate of drug-likeness (QED) is 0.508. The Morgan fingerprint density at radius 3 is 2.64 bits per heavy atom. The summed E-state index contributed by atoms with van der Waals surface area (Å²) in [5, 5.41) is 6.04. The van der Waals surface area contributed by atoms with Crippen molar-refractivity contribution in [3.05, 3.63) is 71.7 Å². The standard InChI is InChI=1S/C24H26FN5O3/c1-17-15-22(30-11-13-32-14-12-30)29-24(28-17)27-10-9-26-23(31)18-3-2-4-21(16-18)33-20-7-5-19(25)6-8-20/h2-8,15-16H,9-14H2,1H3,(H,26,31)(H,27,28,29). The van der Waals surface area contributed by atoms with E-state index in [0.29, 0.717) is 49.3 Å². The third-order valence-corrected chi connectivity index (χ3v) is 5.02. The summed E-state index contributed by atoms with van der Waals surface area (Å²) in [5.41, 5.74) is 1.34. The first-order valence-electron chi connectivity index (χ1n) is 10.8. The molecule has 33 heavy (non-hydrogen) atoms. The summed E-state index contributed by atoms with van der Waals surface area (Å²) >= 11 is 0. The predicted octanol–water partition coefficient (Wildman–Crippen LogP) is 3.39. The van der Waals surface area contributed by atoms with Gasteiger partial charge in [-0.1, -0.05) is 6.07 Å². The second-order valence-electron chi connectivity index (χ2n) is 7.56. The average molecular weight is 452 g/mol. The predicted molar refractivity (Wildman–Crippen MR) is 124 cm³/mol. The largest absolute Gasteiger partial charge is 0.457 e. The van der Waals surface area contributed by atoms with Crippen molar-refractivity contribution >= 4 is 17.7 Å². The number of nitrogens with one attached hydrogen (secondary N) is 2. The molecule has 172 valence electrons. The Balaban J connectivity index is 1.28. The molecule has 0 unspecified atom stereocenters. The highest BCUT2D eigenvalue weighted by atomic mass is 19.1. The molecule has 0 aliphatic carbocycles. The van der Waals surface area contributed by atoms with Gasteiger partial charge in [0.05, 0.1) is 13.2 Å². The fraction of sp³-hybridized carbons (Fsp3) is 0.292. The number of carbonyl (C=O) groups excluding carboxylic acids is 1. The highest BCUT2D eigenvalue weighted by Crippen LogP contribution is 2.22. The summed E-state index contributed by atoms with van der Waals surface area (Å²) in [5.74, 6) is 1.83. The van der Waals surface area contributed by atoms with Crippen molar-refractivity contribution in [1.82, 2.24) is 15.3 Å². The summed E-state index contributed by atoms with van der Waals surface area (Å²) in [6.45, 7) is 5.78. The number of halogens is 1. The molecule has 1 aliphatic rings. The van der Waals surface area contributed by atoms with Crippen molar-refractivity contribution in [1.29, 1.82) is 0 Å². The minimum atomic E-state index is -0.336. The molecule has 2 heterocycles. The zero-order valence-electron chi connectivity index (χ0n) is 18.4. The smallest absolute Gasteiger partial charge is 0.251 e. The Bertz CT molecular complexity index is 1090. The normalized spacial score (nSPS) is 13.5. The minimum absolute atomic E-state index is 0.222. The van der Waals surface area contributed by atoms with Gasteiger partial charge in [-0.3, -0.25) is 4.79 Å². The maximum absolute atomic E-state index is 13.0. The van der Waals surface area contributed by atoms with E-state index in [1.807, 2.05) is 13.0 Å². The van der Waals surface area contributed by atoms with Crippen molar-refractivity contribution < 1.29 is 18.7 Å². The number of ether oxygens (including phenoxy) is 2. The molecule has 3 aromatic rings. The Morgan fingerprint density at radius 2 is 1.85 bits per heavy atom. The Kier molecular flexibility index (Phi) is 7.31. The number of rotatable bonds is 8. The SMILES string of the molecule is Cc1cc(N2CCOCC2)nc(NCCNC(=O)c2cccc(Oc3ccc(F)cc3)c2)n1. The van der Waals surface area contributed by atoms with Crippen molar-refractivity contribution in [2.75, 3.05) is 49.6 Å². The van der Waals surface area contributed by atoms with E-state index in [1.165, 1.54) is 24.3 Å². The minimum Gasteiger partial charge on any atom is -0.457 e. The molecule has 1 saturated heterocycles. The van der Waals surface area contributed by atoms with Crippen LogP contribution in [0.5, 0.6) is 11.5 Å². The van der Waals surface area contributed by atoms with Gasteiger partial charge in [-0.15, -0.1) is 0 Å². The van der Waals surface area contributed by atoms with Crippen LogP contribution in [0, 0.1) is 12.7 Å². The number of amides is 1. The molecule has 1 aliphatic heterocycles. The number of morpholine rings is 1. The average Bonchev–Trinajstić information content (AvgIpc) is 2.83. The van der Waals surface area contributed by atoms with Gasteiger partial charge in [-0.2, -0.15) is 4.98 Å². The lowest BCUT2D eigenvalue weighted by Gasteiger charge is -2.28. The van der Waals surface area contributed by atoms with E-state index in [4.69, 9.17) is 9.47 Å². The number of aryl methyl sites for hydroxylation is 1. The molecular formula is C24H26FN5O3. The molecule has 1 fully saturated rings. The van der Waals surface area contributed by atoms with E-state index in [2.05, 4.69) is 25.5 Å². The molecule has 9 heteroatoms. The number of hydrogen-bond acceptors (Lipinski definition) is 7. The van der Waals surface area contributed by atoms with Crippen molar-refractivity contribution in [2.24, 2.45) is 0 Å². The molecule has 1 amide bonds. The number of benzene rings is 2. The monoisotopic (exact) mass is 451 g/mol. The van der Waals surface area contributed by atoms with Gasteiger partial charge in [0.25, 0.3) is 5.91 Å². The summed E-state index contributed by atoms with van der Waals surface area (Å²) in [4.78, 5) is 23.7. The van der Waals surface area contributed by atoms with Crippen molar-refractivity contribution in [2.45, 2.75) is 6.92 Å². The molecule has 2 aromatic carbocycles. The van der Waals surface area contributed by atoms with E-state index >= 15 is 0 Å². The maximum atomic E-state index is 13.0. The lowest BCUT2D eigenvalue weighted by molar-refractivity contribution is 0.0955. The van der Waals surface area contributed by atoms with E-state index < -0.39 is 0 Å². The van der Waals surface area contributed by atoms with E-state index in [0.717, 1.165) is 24.6 Å². The molecule has 4 rings (SSSR count). The second kappa shape index (κ2) is 10.7. The number of hydrogen-bond donors (Lipinski definition) is 2. The summed E-state index contributed by atoms with van der Waals surface area (Å²) in [6.07, 6.45) is 0. The summed E-state index contributed by atoms with van der Waals surface area (Å²) < 4.78 is 24.1. The van der Waals surface area contributed by atoms with Crippen molar-refractivity contribution in [3.8, 4) is 11.5 Å². The van der Waals surface area contributed by atoms with Crippen LogP contribution in [0.25, 0.3) is 0 Å². The van der Waals surface area contributed by atoms with Gasteiger partial charge in [0.2, 0.25) is 5.95 Å². The van der Waals surface area contributed by atoms with Crippen LogP contribution in [-0.4, -0.2) is 55.3 Å². The van der Waals surface area contributed by atoms with Crippen LogP contribution in [0.2, 0.25) is 0 Å². The second-order valence-corrected chi connectivity index (χ2v) is 7.56. The van der Waals surface area contributed by atoms with Crippen LogP contribution in [0.4, 0.5) is 16.2 Å². The van der Waals surface area contributed by atoms with Crippen LogP contribution in [0.15, 0.2) is 54.6 Å². The van der Waals surface area contributed by atoms with Gasteiger partial charge in [0, 0.05) is 43.5 Å². The number of anilines is 2. The molecule has 8 nitrogen and oxygen atoms in total. The van der Waals surface area contributed by atoms with E-state index in [-0.39, 0.29) is 11.7 Å². The Labute approximate surface area is 191 Å². The lowest BCUT2D eigenvalue weighted by Crippen LogP contribution is -2.37. The van der Waals surface area contributed by atoms with Gasteiger partial charge >= 0.3 is 0 Å². The topological polar surface area (TPSA) is 88.6 Å². The highest BCUT2D eigenvalue weighted by molar-refractivity contribution is 5.94. The molecule has 1 aromatic heterocycles. The van der Waals surface area contributed by atoms with Crippen LogP contribution in [0.1, 0.15) is 16.1 Å². The van der Waals surface area contributed by atoms with E-state index in [1.54, 1.807) is 24.3 Å².